The second-order valence-electron chi connectivity index (χ2n) is 19.0. The summed E-state index contributed by atoms with van der Waals surface area (Å²) in [5, 5.41) is 10.6. The molecule has 0 fully saturated rings. The SMILES string of the molecule is Cc1cccc2c1oc1c(N(c3ccccc3)c3ccc4c5cc6ccc(N(c7ccccc7)c7cccc8c7oc7c([Si](C)(C)C)cccc78)cc6cc5n(-c5ccccc5)c4c3)cccc12. The second-order valence-corrected chi connectivity index (χ2v) is 24.0. The Bertz CT molecular complexity index is 4090. The van der Waals surface area contributed by atoms with Crippen molar-refractivity contribution in [3.63, 3.8) is 0 Å². The Morgan fingerprint density at radius 1 is 0.368 bits per heavy atom. The van der Waals surface area contributed by atoms with Crippen LogP contribution in [0.1, 0.15) is 5.56 Å². The van der Waals surface area contributed by atoms with Crippen molar-refractivity contribution in [2.45, 2.75) is 26.6 Å². The number of rotatable bonds is 8. The summed E-state index contributed by atoms with van der Waals surface area (Å²) in [6, 6.07) is 76.6. The molecule has 0 amide bonds. The van der Waals surface area contributed by atoms with Gasteiger partial charge in [-0.25, -0.2) is 0 Å². The summed E-state index contributed by atoms with van der Waals surface area (Å²) in [6.45, 7) is 9.28. The first kappa shape index (κ1) is 40.0. The molecule has 0 unspecified atom stereocenters. The molecule has 0 aliphatic rings. The van der Waals surface area contributed by atoms with E-state index in [1.54, 1.807) is 0 Å². The van der Waals surface area contributed by atoms with Gasteiger partial charge < -0.3 is 23.2 Å². The van der Waals surface area contributed by atoms with Crippen LogP contribution in [0.25, 0.3) is 82.1 Å². The molecule has 3 heterocycles. The van der Waals surface area contributed by atoms with Crippen LogP contribution in [0.2, 0.25) is 19.6 Å². The molecule has 0 bridgehead atoms. The van der Waals surface area contributed by atoms with Gasteiger partial charge in [-0.1, -0.05) is 147 Å². The van der Waals surface area contributed by atoms with Gasteiger partial charge in [-0.15, -0.1) is 0 Å². The highest BCUT2D eigenvalue weighted by Crippen LogP contribution is 2.46. The molecule has 6 heteroatoms. The average Bonchev–Trinajstić information content (AvgIpc) is 4.05. The molecule has 3 aromatic heterocycles. The first-order chi connectivity index (χ1) is 33.3. The van der Waals surface area contributed by atoms with Crippen LogP contribution in [0, 0.1) is 6.92 Å². The van der Waals surface area contributed by atoms with Crippen LogP contribution in [0.3, 0.4) is 0 Å². The molecule has 0 saturated carbocycles. The Hall–Kier alpha value is -8.32. The van der Waals surface area contributed by atoms with E-state index in [4.69, 9.17) is 8.83 Å². The molecule has 68 heavy (non-hydrogen) atoms. The third-order valence-electron chi connectivity index (χ3n) is 13.7. The minimum atomic E-state index is -1.70. The zero-order valence-electron chi connectivity index (χ0n) is 38.4. The van der Waals surface area contributed by atoms with Crippen LogP contribution < -0.4 is 15.0 Å². The number of furan rings is 2. The molecule has 0 saturated heterocycles. The predicted octanol–water partition coefficient (Wildman–Crippen LogP) is 17.5. The van der Waals surface area contributed by atoms with E-state index in [0.717, 1.165) is 100 Å². The van der Waals surface area contributed by atoms with Crippen LogP contribution in [-0.2, 0) is 0 Å². The van der Waals surface area contributed by atoms with Crippen LogP contribution in [-0.4, -0.2) is 12.6 Å². The van der Waals surface area contributed by atoms with E-state index in [1.165, 1.54) is 26.7 Å². The smallest absolute Gasteiger partial charge is 0.159 e. The van der Waals surface area contributed by atoms with Gasteiger partial charge in [-0.05, 0) is 113 Å². The fraction of sp³-hybridized carbons (Fsp3) is 0.0645. The van der Waals surface area contributed by atoms with Gasteiger partial charge in [0.2, 0.25) is 0 Å². The van der Waals surface area contributed by atoms with Crippen LogP contribution in [0.5, 0.6) is 0 Å². The molecular formula is C62H47N3O2Si. The van der Waals surface area contributed by atoms with E-state index in [-0.39, 0.29) is 0 Å². The summed E-state index contributed by atoms with van der Waals surface area (Å²) >= 11 is 0. The summed E-state index contributed by atoms with van der Waals surface area (Å²) in [5.74, 6) is 0. The summed E-state index contributed by atoms with van der Waals surface area (Å²) in [7, 11) is -1.70. The summed E-state index contributed by atoms with van der Waals surface area (Å²) in [4.78, 5) is 4.69. The molecule has 13 aromatic rings. The maximum Gasteiger partial charge on any atom is 0.159 e. The highest BCUT2D eigenvalue weighted by Gasteiger charge is 2.26. The van der Waals surface area contributed by atoms with Gasteiger partial charge in [0, 0.05) is 60.8 Å². The number of hydrogen-bond acceptors (Lipinski definition) is 4. The van der Waals surface area contributed by atoms with Crippen LogP contribution >= 0.6 is 0 Å². The molecule has 0 spiro atoms. The maximum atomic E-state index is 7.01. The zero-order chi connectivity index (χ0) is 45.7. The molecule has 326 valence electrons. The van der Waals surface area contributed by atoms with Gasteiger partial charge in [0.15, 0.2) is 11.2 Å². The number of nitrogens with zero attached hydrogens (tertiary/aromatic N) is 3. The second kappa shape index (κ2) is 15.4. The molecular weight excluding hydrogens is 847 g/mol. The minimum absolute atomic E-state index is 0.865. The van der Waals surface area contributed by atoms with E-state index < -0.39 is 8.07 Å². The molecule has 0 radical (unpaired) electrons. The number of hydrogen-bond donors (Lipinski definition) is 0. The van der Waals surface area contributed by atoms with Gasteiger partial charge in [0.25, 0.3) is 0 Å². The standard InChI is InChI=1S/C62H47N3O2Si/c1-40-18-14-25-49-50-26-15-29-54(60(50)66-59(40)49)64(44-21-10-6-11-22-44)47-34-35-48-53-37-41-32-33-46(36-42(41)38-56(53)65(57(48)39-47)45-23-12-7-13-24-45)63(43-19-8-5-9-20-43)55-30-16-27-51-52-28-17-31-58(68(2,3)4)62(52)67-61(51)55/h5-39H,1-4H3. The lowest BCUT2D eigenvalue weighted by molar-refractivity contribution is 0.666. The number of para-hydroxylation sites is 7. The molecule has 13 rings (SSSR count). The van der Waals surface area contributed by atoms with Crippen LogP contribution in [0.15, 0.2) is 221 Å². The van der Waals surface area contributed by atoms with Crippen molar-refractivity contribution in [1.29, 1.82) is 0 Å². The number of anilines is 6. The highest BCUT2D eigenvalue weighted by molar-refractivity contribution is 6.90. The Morgan fingerprint density at radius 2 is 0.882 bits per heavy atom. The van der Waals surface area contributed by atoms with Gasteiger partial charge in [-0.3, -0.25) is 0 Å². The Balaban J connectivity index is 1.02. The Kier molecular flexibility index (Phi) is 9.04. The average molecular weight is 894 g/mol. The summed E-state index contributed by atoms with van der Waals surface area (Å²) in [6.07, 6.45) is 0. The molecule has 10 aromatic carbocycles. The molecule has 5 nitrogen and oxygen atoms in total. The lowest BCUT2D eigenvalue weighted by Gasteiger charge is -2.26. The van der Waals surface area contributed by atoms with Crippen molar-refractivity contribution in [3.8, 4) is 5.69 Å². The van der Waals surface area contributed by atoms with Gasteiger partial charge in [-0.2, -0.15) is 0 Å². The largest absolute Gasteiger partial charge is 0.454 e. The van der Waals surface area contributed by atoms with Crippen molar-refractivity contribution in [2.75, 3.05) is 9.80 Å². The highest BCUT2D eigenvalue weighted by atomic mass is 28.3. The Labute approximate surface area is 395 Å². The van der Waals surface area contributed by atoms with Crippen molar-refractivity contribution in [3.05, 3.63) is 218 Å². The zero-order valence-corrected chi connectivity index (χ0v) is 39.4. The van der Waals surface area contributed by atoms with E-state index >= 15 is 0 Å². The lowest BCUT2D eigenvalue weighted by atomic mass is 10.0. The lowest BCUT2D eigenvalue weighted by Crippen LogP contribution is -2.37. The first-order valence-corrected chi connectivity index (χ1v) is 26.9. The van der Waals surface area contributed by atoms with Crippen molar-refractivity contribution >= 4 is 124 Å². The summed E-state index contributed by atoms with van der Waals surface area (Å²) < 4.78 is 16.2. The van der Waals surface area contributed by atoms with Gasteiger partial charge >= 0.3 is 0 Å². The summed E-state index contributed by atoms with van der Waals surface area (Å²) in [5.41, 5.74) is 14.4. The normalized spacial score (nSPS) is 12.1. The third-order valence-corrected chi connectivity index (χ3v) is 15.8. The fourth-order valence-electron chi connectivity index (χ4n) is 10.6. The van der Waals surface area contributed by atoms with Gasteiger partial charge in [0.05, 0.1) is 30.5 Å². The predicted molar refractivity (Wildman–Crippen MR) is 290 cm³/mol. The van der Waals surface area contributed by atoms with E-state index in [1.807, 2.05) is 0 Å². The number of benzene rings is 10. The molecule has 0 aliphatic carbocycles. The first-order valence-electron chi connectivity index (χ1n) is 23.4. The van der Waals surface area contributed by atoms with E-state index in [9.17, 15) is 0 Å². The number of aromatic nitrogens is 1. The van der Waals surface area contributed by atoms with Crippen molar-refractivity contribution in [1.82, 2.24) is 4.57 Å². The quantitative estimate of drug-likeness (QED) is 0.142. The number of fused-ring (bicyclic) bond motifs is 10. The van der Waals surface area contributed by atoms with Gasteiger partial charge in [0.1, 0.15) is 11.2 Å². The third kappa shape index (κ3) is 6.29. The number of aryl methyl sites for hydroxylation is 1. The monoisotopic (exact) mass is 893 g/mol. The van der Waals surface area contributed by atoms with Crippen molar-refractivity contribution < 1.29 is 8.83 Å². The molecule has 0 atom stereocenters. The van der Waals surface area contributed by atoms with E-state index in [0.29, 0.717) is 0 Å². The van der Waals surface area contributed by atoms with E-state index in [2.05, 4.69) is 253 Å². The minimum Gasteiger partial charge on any atom is -0.454 e. The molecule has 0 N–H and O–H groups in total. The fourth-order valence-corrected chi connectivity index (χ4v) is 12.0. The Morgan fingerprint density at radius 3 is 1.51 bits per heavy atom. The van der Waals surface area contributed by atoms with Crippen LogP contribution in [0.4, 0.5) is 34.1 Å². The topological polar surface area (TPSA) is 37.7 Å². The maximum absolute atomic E-state index is 7.01. The molecule has 0 aliphatic heterocycles. The van der Waals surface area contributed by atoms with Crippen molar-refractivity contribution in [2.24, 2.45) is 0 Å².